The van der Waals surface area contributed by atoms with E-state index in [1.165, 1.54) is 28.7 Å². The Morgan fingerprint density at radius 2 is 2.07 bits per heavy atom. The van der Waals surface area contributed by atoms with Crippen molar-refractivity contribution in [2.24, 2.45) is 0 Å². The molecule has 0 saturated heterocycles. The summed E-state index contributed by atoms with van der Waals surface area (Å²) in [6.45, 7) is 1.28. The Hall–Kier alpha value is -2.84. The first-order valence-corrected chi connectivity index (χ1v) is 9.93. The number of hydrogen-bond acceptors (Lipinski definition) is 6. The molecule has 1 atom stereocenters. The van der Waals surface area contributed by atoms with Crippen molar-refractivity contribution in [1.29, 1.82) is 0 Å². The summed E-state index contributed by atoms with van der Waals surface area (Å²) in [5.74, 6) is 0.955. The quantitative estimate of drug-likeness (QED) is 0.498. The lowest BCUT2D eigenvalue weighted by Crippen LogP contribution is -2.33. The zero-order chi connectivity index (χ0) is 21.8. The second-order valence-electron chi connectivity index (χ2n) is 7.38. The number of nitro groups is 1. The van der Waals surface area contributed by atoms with E-state index in [0.29, 0.717) is 24.5 Å². The molecule has 3 rings (SSSR count). The summed E-state index contributed by atoms with van der Waals surface area (Å²) < 4.78 is 11.2. The van der Waals surface area contributed by atoms with Gasteiger partial charge < -0.3 is 14.4 Å². The first kappa shape index (κ1) is 21.9. The van der Waals surface area contributed by atoms with E-state index in [2.05, 4.69) is 11.9 Å². The number of halogens is 1. The maximum Gasteiger partial charge on any atom is 0.414 e. The average Bonchev–Trinajstić information content (AvgIpc) is 2.70. The van der Waals surface area contributed by atoms with Crippen LogP contribution in [0.5, 0.6) is 11.5 Å². The average molecular weight is 434 g/mol. The molecule has 0 radical (unpaired) electrons. The van der Waals surface area contributed by atoms with E-state index in [9.17, 15) is 14.9 Å². The van der Waals surface area contributed by atoms with Crippen LogP contribution in [-0.4, -0.2) is 55.1 Å². The van der Waals surface area contributed by atoms with Gasteiger partial charge in [-0.1, -0.05) is 17.7 Å². The first-order chi connectivity index (χ1) is 14.3. The molecule has 0 fully saturated rings. The molecule has 0 spiro atoms. The van der Waals surface area contributed by atoms with Crippen LogP contribution in [0.3, 0.4) is 0 Å². The van der Waals surface area contributed by atoms with Gasteiger partial charge in [-0.15, -0.1) is 0 Å². The van der Waals surface area contributed by atoms with Gasteiger partial charge in [0.2, 0.25) is 0 Å². The van der Waals surface area contributed by atoms with E-state index in [0.717, 1.165) is 18.5 Å². The highest BCUT2D eigenvalue weighted by Crippen LogP contribution is 2.34. The molecule has 0 aromatic heterocycles. The summed E-state index contributed by atoms with van der Waals surface area (Å²) in [4.78, 5) is 25.8. The zero-order valence-electron chi connectivity index (χ0n) is 17.1. The highest BCUT2D eigenvalue weighted by atomic mass is 35.5. The smallest absolute Gasteiger partial charge is 0.414 e. The molecule has 160 valence electrons. The fourth-order valence-corrected chi connectivity index (χ4v) is 3.68. The molecule has 1 aliphatic rings. The third-order valence-electron chi connectivity index (χ3n) is 5.08. The van der Waals surface area contributed by atoms with Crippen LogP contribution >= 0.6 is 11.6 Å². The number of likely N-dealkylation sites (N-methyl/N-ethyl adjacent to an activating group) is 1. The van der Waals surface area contributed by atoms with Crippen molar-refractivity contribution in [3.8, 4) is 11.5 Å². The lowest BCUT2D eigenvalue weighted by Gasteiger charge is -2.34. The van der Waals surface area contributed by atoms with Crippen LogP contribution in [0.15, 0.2) is 36.4 Å². The third-order valence-corrected chi connectivity index (χ3v) is 5.38. The van der Waals surface area contributed by atoms with Crippen LogP contribution in [0.2, 0.25) is 5.02 Å². The topological polar surface area (TPSA) is 85.2 Å². The van der Waals surface area contributed by atoms with E-state index < -0.39 is 11.0 Å². The summed E-state index contributed by atoms with van der Waals surface area (Å²) in [5.41, 5.74) is 2.25. The van der Waals surface area contributed by atoms with Crippen LogP contribution in [-0.2, 0) is 6.42 Å². The number of rotatable bonds is 6. The minimum absolute atomic E-state index is 0.0703. The lowest BCUT2D eigenvalue weighted by atomic mass is 9.91. The van der Waals surface area contributed by atoms with Crippen molar-refractivity contribution < 1.29 is 19.2 Å². The van der Waals surface area contributed by atoms with Gasteiger partial charge in [-0.2, -0.15) is 0 Å². The van der Waals surface area contributed by atoms with Gasteiger partial charge in [0.15, 0.2) is 0 Å². The molecule has 0 saturated carbocycles. The summed E-state index contributed by atoms with van der Waals surface area (Å²) in [6, 6.07) is 10.0. The standard InChI is InChI=1S/C21H24ClN3O5/c1-23(2)21(26)30-16-5-6-17-14(12-16)8-10-24(3)19(17)9-11-29-20-7-4-15(25(27)28)13-18(20)22/h4-7,12-13,19H,8-11H2,1-3H3. The van der Waals surface area contributed by atoms with Crippen molar-refractivity contribution in [2.75, 3.05) is 34.3 Å². The largest absolute Gasteiger partial charge is 0.492 e. The molecule has 8 nitrogen and oxygen atoms in total. The maximum atomic E-state index is 11.8. The van der Waals surface area contributed by atoms with Gasteiger partial charge in [0.1, 0.15) is 11.5 Å². The number of nitrogens with zero attached hydrogens (tertiary/aromatic N) is 3. The van der Waals surface area contributed by atoms with Crippen LogP contribution < -0.4 is 9.47 Å². The molecule has 30 heavy (non-hydrogen) atoms. The minimum Gasteiger partial charge on any atom is -0.492 e. The summed E-state index contributed by atoms with van der Waals surface area (Å²) in [5, 5.41) is 11.0. The number of non-ortho nitro benzene ring substituents is 1. The summed E-state index contributed by atoms with van der Waals surface area (Å²) in [7, 11) is 5.35. The van der Waals surface area contributed by atoms with E-state index >= 15 is 0 Å². The Kier molecular flexibility index (Phi) is 6.79. The molecule has 9 heteroatoms. The molecule has 2 aromatic rings. The second kappa shape index (κ2) is 9.32. The highest BCUT2D eigenvalue weighted by molar-refractivity contribution is 6.32. The third kappa shape index (κ3) is 5.01. The van der Waals surface area contributed by atoms with E-state index in [4.69, 9.17) is 21.1 Å². The Balaban J connectivity index is 1.67. The molecule has 1 heterocycles. The van der Waals surface area contributed by atoms with Gasteiger partial charge in [0, 0.05) is 45.2 Å². The van der Waals surface area contributed by atoms with Gasteiger partial charge >= 0.3 is 6.09 Å². The number of hydrogen-bond donors (Lipinski definition) is 0. The Morgan fingerprint density at radius 3 is 2.73 bits per heavy atom. The minimum atomic E-state index is -0.492. The second-order valence-corrected chi connectivity index (χ2v) is 7.79. The van der Waals surface area contributed by atoms with E-state index in [1.807, 2.05) is 12.1 Å². The predicted octanol–water partition coefficient (Wildman–Crippen LogP) is 4.31. The molecule has 0 N–H and O–H groups in total. The number of nitro benzene ring substituents is 1. The molecule has 1 amide bonds. The van der Waals surface area contributed by atoms with E-state index in [-0.39, 0.29) is 16.8 Å². The Bertz CT molecular complexity index is 950. The normalized spacial score (nSPS) is 15.9. The van der Waals surface area contributed by atoms with Crippen LogP contribution in [0.25, 0.3) is 0 Å². The Labute approximate surface area is 180 Å². The molecular formula is C21H24ClN3O5. The number of carbonyl (C=O) groups excluding carboxylic acids is 1. The van der Waals surface area contributed by atoms with Gasteiger partial charge in [-0.25, -0.2) is 4.79 Å². The van der Waals surface area contributed by atoms with Gasteiger partial charge in [-0.05, 0) is 42.8 Å². The predicted molar refractivity (Wildman–Crippen MR) is 113 cm³/mol. The van der Waals surface area contributed by atoms with E-state index in [1.54, 1.807) is 20.2 Å². The molecule has 0 bridgehead atoms. The summed E-state index contributed by atoms with van der Waals surface area (Å²) >= 11 is 6.10. The van der Waals surface area contributed by atoms with Crippen LogP contribution in [0, 0.1) is 10.1 Å². The molecule has 1 unspecified atom stereocenters. The SMILES string of the molecule is CN(C)C(=O)Oc1ccc2c(c1)CCN(C)C2CCOc1ccc([N+](=O)[O-])cc1Cl. The van der Waals surface area contributed by atoms with Crippen molar-refractivity contribution in [2.45, 2.75) is 18.9 Å². The summed E-state index contributed by atoms with van der Waals surface area (Å²) in [6.07, 6.45) is 1.17. The zero-order valence-corrected chi connectivity index (χ0v) is 17.9. The number of amides is 1. The van der Waals surface area contributed by atoms with Crippen molar-refractivity contribution in [1.82, 2.24) is 9.80 Å². The fraction of sp³-hybridized carbons (Fsp3) is 0.381. The molecule has 2 aromatic carbocycles. The molecule has 1 aliphatic heterocycles. The number of fused-ring (bicyclic) bond motifs is 1. The Morgan fingerprint density at radius 1 is 1.30 bits per heavy atom. The lowest BCUT2D eigenvalue weighted by molar-refractivity contribution is -0.384. The number of ether oxygens (including phenoxy) is 2. The maximum absolute atomic E-state index is 11.8. The van der Waals surface area contributed by atoms with Crippen molar-refractivity contribution in [3.05, 3.63) is 62.7 Å². The molecule has 0 aliphatic carbocycles. The monoisotopic (exact) mass is 433 g/mol. The van der Waals surface area contributed by atoms with Crippen LogP contribution in [0.1, 0.15) is 23.6 Å². The van der Waals surface area contributed by atoms with Crippen molar-refractivity contribution in [3.63, 3.8) is 0 Å². The van der Waals surface area contributed by atoms with Crippen molar-refractivity contribution >= 4 is 23.4 Å². The molecular weight excluding hydrogens is 410 g/mol. The van der Waals surface area contributed by atoms with Gasteiger partial charge in [-0.3, -0.25) is 15.0 Å². The first-order valence-electron chi connectivity index (χ1n) is 9.55. The van der Waals surface area contributed by atoms with Gasteiger partial charge in [0.05, 0.1) is 16.6 Å². The highest BCUT2D eigenvalue weighted by Gasteiger charge is 2.25. The number of carbonyl (C=O) groups is 1. The van der Waals surface area contributed by atoms with Crippen LogP contribution in [0.4, 0.5) is 10.5 Å². The fourth-order valence-electron chi connectivity index (χ4n) is 3.45. The van der Waals surface area contributed by atoms with Gasteiger partial charge in [0.25, 0.3) is 5.69 Å². The number of benzene rings is 2.